The van der Waals surface area contributed by atoms with Crippen LogP contribution in [0.2, 0.25) is 5.02 Å². The van der Waals surface area contributed by atoms with Crippen LogP contribution >= 0.6 is 11.6 Å². The number of carbonyl (C=O) groups excluding carboxylic acids is 2. The Morgan fingerprint density at radius 2 is 2.12 bits per heavy atom. The highest BCUT2D eigenvalue weighted by molar-refractivity contribution is 6.32. The number of nitrogens with zero attached hydrogens (tertiary/aromatic N) is 1. The van der Waals surface area contributed by atoms with Gasteiger partial charge in [0.1, 0.15) is 11.4 Å². The van der Waals surface area contributed by atoms with Gasteiger partial charge in [-0.3, -0.25) is 19.9 Å². The minimum atomic E-state index is -0.465. The molecule has 3 aliphatic rings. The van der Waals surface area contributed by atoms with Gasteiger partial charge in [-0.05, 0) is 52.5 Å². The molecule has 4 atom stereocenters. The van der Waals surface area contributed by atoms with E-state index < -0.39 is 11.1 Å². The fourth-order valence-electron chi connectivity index (χ4n) is 5.31. The highest BCUT2D eigenvalue weighted by Gasteiger charge is 2.53. The molecule has 0 bridgehead atoms. The maximum atomic E-state index is 13.3. The number of hydrogen-bond acceptors (Lipinski definition) is 5. The summed E-state index contributed by atoms with van der Waals surface area (Å²) in [4.78, 5) is 27.8. The molecule has 2 fully saturated rings. The van der Waals surface area contributed by atoms with E-state index in [0.717, 1.165) is 5.56 Å². The third kappa shape index (κ3) is 5.03. The lowest BCUT2D eigenvalue weighted by Crippen LogP contribution is -2.63. The Balaban J connectivity index is 1.49. The third-order valence-electron chi connectivity index (χ3n) is 6.94. The van der Waals surface area contributed by atoms with Gasteiger partial charge < -0.3 is 20.1 Å². The highest BCUT2D eigenvalue weighted by atomic mass is 35.5. The summed E-state index contributed by atoms with van der Waals surface area (Å²) in [5.41, 5.74) is -0.0395. The van der Waals surface area contributed by atoms with Crippen LogP contribution in [0.1, 0.15) is 65.0 Å². The topological polar surface area (TPSA) is 104 Å². The van der Waals surface area contributed by atoms with E-state index in [-0.39, 0.29) is 41.7 Å². The molecule has 1 unspecified atom stereocenters. The van der Waals surface area contributed by atoms with Gasteiger partial charge in [0.2, 0.25) is 11.8 Å². The van der Waals surface area contributed by atoms with E-state index in [1.807, 2.05) is 39.8 Å². The summed E-state index contributed by atoms with van der Waals surface area (Å²) in [5.74, 6) is 0.362. The number of carbonyl (C=O) groups is 2. The Labute approximate surface area is 206 Å². The van der Waals surface area contributed by atoms with Crippen molar-refractivity contribution < 1.29 is 19.1 Å². The number of methoxy groups -OCH3 is 1. The van der Waals surface area contributed by atoms with Crippen LogP contribution in [0, 0.1) is 17.2 Å². The van der Waals surface area contributed by atoms with Gasteiger partial charge in [-0.2, -0.15) is 0 Å². The summed E-state index contributed by atoms with van der Waals surface area (Å²) in [6.45, 7) is 8.25. The van der Waals surface area contributed by atoms with Gasteiger partial charge in [-0.1, -0.05) is 23.7 Å². The molecule has 0 spiro atoms. The molecule has 0 radical (unpaired) electrons. The Kier molecular flexibility index (Phi) is 6.59. The molecule has 4 rings (SSSR count). The largest absolute Gasteiger partial charge is 0.486 e. The van der Waals surface area contributed by atoms with Gasteiger partial charge in [0, 0.05) is 49.6 Å². The summed E-state index contributed by atoms with van der Waals surface area (Å²) in [7, 11) is 1.62. The van der Waals surface area contributed by atoms with E-state index in [9.17, 15) is 9.59 Å². The normalized spacial score (nSPS) is 27.8. The molecule has 34 heavy (non-hydrogen) atoms. The Morgan fingerprint density at radius 3 is 2.79 bits per heavy atom. The first-order valence-electron chi connectivity index (χ1n) is 11.9. The molecule has 186 valence electrons. The number of nitrogens with one attached hydrogen (secondary N) is 3. The van der Waals surface area contributed by atoms with Crippen molar-refractivity contribution in [2.24, 2.45) is 11.8 Å². The summed E-state index contributed by atoms with van der Waals surface area (Å²) >= 11 is 6.38. The molecule has 1 aromatic carbocycles. The standard InChI is InChI=1S/C25H35ClN4O4/c1-24(2)13-20(31)30(23(27)29-24)19(9-10-33-5)15-11-16(15)22(32)28-18-12-25(3,4)34-21-14(18)7-6-8-17(21)26/h6-8,15-16,18-19H,9-13H2,1-5H3,(H2,27,29)(H,28,32)/t15-,16-,18?,19+/m1/s1. The van der Waals surface area contributed by atoms with Gasteiger partial charge in [-0.15, -0.1) is 0 Å². The first-order valence-corrected chi connectivity index (χ1v) is 12.3. The minimum absolute atomic E-state index is 0.0193. The molecule has 2 heterocycles. The lowest BCUT2D eigenvalue weighted by molar-refractivity contribution is -0.133. The Bertz CT molecular complexity index is 975. The van der Waals surface area contributed by atoms with Crippen molar-refractivity contribution >= 4 is 29.4 Å². The van der Waals surface area contributed by atoms with Crippen molar-refractivity contribution in [3.05, 3.63) is 28.8 Å². The van der Waals surface area contributed by atoms with Crippen LogP contribution in [-0.4, -0.2) is 53.6 Å². The minimum Gasteiger partial charge on any atom is -0.486 e. The zero-order chi connectivity index (χ0) is 24.8. The molecule has 2 aliphatic heterocycles. The van der Waals surface area contributed by atoms with Crippen LogP contribution in [-0.2, 0) is 14.3 Å². The lowest BCUT2D eigenvalue weighted by atomic mass is 9.89. The van der Waals surface area contributed by atoms with Crippen molar-refractivity contribution in [2.75, 3.05) is 13.7 Å². The molecule has 1 saturated carbocycles. The van der Waals surface area contributed by atoms with Crippen LogP contribution in [0.25, 0.3) is 0 Å². The molecule has 0 aromatic heterocycles. The second kappa shape index (κ2) is 9.04. The number of benzene rings is 1. The predicted octanol–water partition coefficient (Wildman–Crippen LogP) is 3.63. The second-order valence-corrected chi connectivity index (χ2v) is 11.3. The van der Waals surface area contributed by atoms with Gasteiger partial charge in [-0.25, -0.2) is 0 Å². The van der Waals surface area contributed by atoms with Crippen molar-refractivity contribution in [1.82, 2.24) is 15.5 Å². The summed E-state index contributed by atoms with van der Waals surface area (Å²) in [6.07, 6.45) is 2.18. The number of guanidine groups is 1. The average molecular weight is 491 g/mol. The van der Waals surface area contributed by atoms with Crippen LogP contribution in [0.15, 0.2) is 18.2 Å². The maximum Gasteiger partial charge on any atom is 0.231 e. The lowest BCUT2D eigenvalue weighted by Gasteiger charge is -2.42. The van der Waals surface area contributed by atoms with Crippen molar-refractivity contribution in [3.8, 4) is 5.75 Å². The number of amides is 2. The van der Waals surface area contributed by atoms with E-state index in [4.69, 9.17) is 26.5 Å². The smallest absolute Gasteiger partial charge is 0.231 e. The van der Waals surface area contributed by atoms with Crippen LogP contribution in [0.5, 0.6) is 5.75 Å². The quantitative estimate of drug-likeness (QED) is 0.541. The van der Waals surface area contributed by atoms with Crippen LogP contribution in [0.3, 0.4) is 0 Å². The zero-order valence-corrected chi connectivity index (χ0v) is 21.3. The summed E-state index contributed by atoms with van der Waals surface area (Å²) in [6, 6.07) is 5.13. The van der Waals surface area contributed by atoms with E-state index >= 15 is 0 Å². The van der Waals surface area contributed by atoms with Crippen LogP contribution < -0.4 is 15.4 Å². The van der Waals surface area contributed by atoms with Crippen molar-refractivity contribution in [2.45, 2.75) is 76.6 Å². The molecular formula is C25H35ClN4O4. The Hall–Kier alpha value is -2.32. The number of rotatable bonds is 7. The first-order chi connectivity index (χ1) is 15.9. The van der Waals surface area contributed by atoms with Crippen LogP contribution in [0.4, 0.5) is 0 Å². The summed E-state index contributed by atoms with van der Waals surface area (Å²) < 4.78 is 11.4. The molecule has 1 aliphatic carbocycles. The fourth-order valence-corrected chi connectivity index (χ4v) is 5.53. The SMILES string of the molecule is COCC[C@@H]([C@@H]1C[C@H]1C(=O)NC1CC(C)(C)Oc2c(Cl)cccc21)N1C(=N)NC(C)(C)CC1=O. The van der Waals surface area contributed by atoms with E-state index in [0.29, 0.717) is 43.1 Å². The van der Waals surface area contributed by atoms with Crippen molar-refractivity contribution in [1.29, 1.82) is 5.41 Å². The van der Waals surface area contributed by atoms with Gasteiger partial charge in [0.15, 0.2) is 5.96 Å². The molecular weight excluding hydrogens is 456 g/mol. The zero-order valence-electron chi connectivity index (χ0n) is 20.5. The molecule has 2 amide bonds. The number of fused-ring (bicyclic) bond motifs is 1. The Morgan fingerprint density at radius 1 is 1.38 bits per heavy atom. The molecule has 1 saturated heterocycles. The number of para-hydroxylation sites is 1. The van der Waals surface area contributed by atoms with E-state index in [2.05, 4.69) is 10.6 Å². The fraction of sp³-hybridized carbons (Fsp3) is 0.640. The van der Waals surface area contributed by atoms with Crippen molar-refractivity contribution in [3.63, 3.8) is 0 Å². The number of ether oxygens (including phenoxy) is 2. The monoisotopic (exact) mass is 490 g/mol. The average Bonchev–Trinajstić information content (AvgIpc) is 3.50. The van der Waals surface area contributed by atoms with E-state index in [1.165, 1.54) is 4.90 Å². The third-order valence-corrected chi connectivity index (χ3v) is 7.24. The predicted molar refractivity (Wildman–Crippen MR) is 130 cm³/mol. The second-order valence-electron chi connectivity index (χ2n) is 10.9. The first kappa shape index (κ1) is 24.8. The number of halogens is 1. The molecule has 8 nitrogen and oxygen atoms in total. The van der Waals surface area contributed by atoms with E-state index in [1.54, 1.807) is 13.2 Å². The van der Waals surface area contributed by atoms with Gasteiger partial charge in [0.25, 0.3) is 0 Å². The van der Waals surface area contributed by atoms with Gasteiger partial charge >= 0.3 is 0 Å². The molecule has 9 heteroatoms. The molecule has 3 N–H and O–H groups in total. The highest BCUT2D eigenvalue weighted by Crippen LogP contribution is 2.47. The molecule has 1 aromatic rings. The van der Waals surface area contributed by atoms with Gasteiger partial charge in [0.05, 0.1) is 11.1 Å². The number of hydrogen-bond donors (Lipinski definition) is 3. The maximum absolute atomic E-state index is 13.3. The summed E-state index contributed by atoms with van der Waals surface area (Å²) in [5, 5.41) is 15.4.